The number of benzene rings is 2. The standard InChI is InChI=1S/C31H36ClF2N5O9/c1-31(2,3)48-29(40)37-28-35-26-25(27(36-28)46-8)38(12-11-23(44-6)45-7)30(41)39(26)19-14-22(21(43-5)13-17(19)32)47-15-16-20(42-4)10-9-18(33)24(16)34/h9-10,13-14,23H,11-12,15H2,1-8H3,(H,35,36,37,40). The summed E-state index contributed by atoms with van der Waals surface area (Å²) in [5.74, 6) is -2.34. The molecule has 260 valence electrons. The van der Waals surface area contributed by atoms with E-state index in [2.05, 4.69) is 15.3 Å². The van der Waals surface area contributed by atoms with Crippen LogP contribution < -0.4 is 30.0 Å². The van der Waals surface area contributed by atoms with Crippen LogP contribution in [-0.2, 0) is 27.4 Å². The minimum absolute atomic E-state index is 0.0137. The van der Waals surface area contributed by atoms with Crippen LogP contribution in [0.1, 0.15) is 32.8 Å². The Balaban J connectivity index is 1.92. The van der Waals surface area contributed by atoms with Crippen molar-refractivity contribution in [3.05, 3.63) is 57.0 Å². The number of halogens is 3. The highest BCUT2D eigenvalue weighted by Gasteiger charge is 2.27. The van der Waals surface area contributed by atoms with Gasteiger partial charge in [-0.15, -0.1) is 0 Å². The van der Waals surface area contributed by atoms with E-state index in [1.165, 1.54) is 58.3 Å². The maximum absolute atomic E-state index is 14.7. The van der Waals surface area contributed by atoms with Gasteiger partial charge in [0.15, 0.2) is 40.6 Å². The number of carbonyl (C=O) groups is 1. The first-order valence-corrected chi connectivity index (χ1v) is 14.8. The van der Waals surface area contributed by atoms with Gasteiger partial charge >= 0.3 is 11.8 Å². The van der Waals surface area contributed by atoms with Crippen LogP contribution >= 0.6 is 11.6 Å². The van der Waals surface area contributed by atoms with Gasteiger partial charge in [-0.2, -0.15) is 9.97 Å². The molecular weight excluding hydrogens is 660 g/mol. The number of rotatable bonds is 13. The Bertz CT molecular complexity index is 1860. The highest BCUT2D eigenvalue weighted by atomic mass is 35.5. The van der Waals surface area contributed by atoms with Crippen molar-refractivity contribution in [1.82, 2.24) is 19.1 Å². The van der Waals surface area contributed by atoms with Gasteiger partial charge < -0.3 is 33.2 Å². The SMILES string of the molecule is COc1cc(Cl)c(-n2c(=O)n(CCC(OC)OC)c3c(OC)nc(NC(=O)OC(C)(C)C)nc32)cc1OCc1c(OC)ccc(F)c1F. The first kappa shape index (κ1) is 36.2. The summed E-state index contributed by atoms with van der Waals surface area (Å²) < 4.78 is 69.3. The van der Waals surface area contributed by atoms with E-state index in [1.807, 2.05) is 0 Å². The molecule has 0 saturated carbocycles. The molecule has 0 aliphatic rings. The molecular formula is C31H36ClF2N5O9. The van der Waals surface area contributed by atoms with Crippen molar-refractivity contribution in [3.8, 4) is 28.8 Å². The largest absolute Gasteiger partial charge is 0.496 e. The van der Waals surface area contributed by atoms with E-state index in [-0.39, 0.29) is 69.5 Å². The molecule has 17 heteroatoms. The first-order chi connectivity index (χ1) is 22.8. The third-order valence-corrected chi connectivity index (χ3v) is 7.18. The Morgan fingerprint density at radius 1 is 0.979 bits per heavy atom. The van der Waals surface area contributed by atoms with E-state index in [0.717, 1.165) is 10.6 Å². The Morgan fingerprint density at radius 3 is 2.27 bits per heavy atom. The zero-order valence-corrected chi connectivity index (χ0v) is 28.4. The predicted molar refractivity (Wildman–Crippen MR) is 171 cm³/mol. The van der Waals surface area contributed by atoms with Gasteiger partial charge in [-0.25, -0.2) is 22.9 Å². The maximum atomic E-state index is 14.7. The molecule has 4 aromatic rings. The van der Waals surface area contributed by atoms with Crippen LogP contribution in [0, 0.1) is 11.6 Å². The Kier molecular flexibility index (Phi) is 11.3. The van der Waals surface area contributed by atoms with Crippen molar-refractivity contribution < 1.29 is 46.7 Å². The summed E-state index contributed by atoms with van der Waals surface area (Å²) in [6, 6.07) is 4.96. The van der Waals surface area contributed by atoms with Crippen LogP contribution in [-0.4, -0.2) is 72.6 Å². The normalized spacial score (nSPS) is 11.6. The van der Waals surface area contributed by atoms with Gasteiger partial charge in [0.05, 0.1) is 37.6 Å². The van der Waals surface area contributed by atoms with Crippen molar-refractivity contribution in [2.24, 2.45) is 0 Å². The predicted octanol–water partition coefficient (Wildman–Crippen LogP) is 5.47. The van der Waals surface area contributed by atoms with Crippen LogP contribution in [0.25, 0.3) is 16.9 Å². The summed E-state index contributed by atoms with van der Waals surface area (Å²) >= 11 is 6.71. The van der Waals surface area contributed by atoms with E-state index in [1.54, 1.807) is 20.8 Å². The number of anilines is 1. The van der Waals surface area contributed by atoms with Crippen molar-refractivity contribution in [3.63, 3.8) is 0 Å². The van der Waals surface area contributed by atoms with E-state index < -0.39 is 41.9 Å². The molecule has 1 amide bonds. The molecule has 2 aromatic carbocycles. The average Bonchev–Trinajstić information content (AvgIpc) is 3.31. The number of ether oxygens (including phenoxy) is 7. The van der Waals surface area contributed by atoms with Crippen molar-refractivity contribution in [1.29, 1.82) is 0 Å². The quantitative estimate of drug-likeness (QED) is 0.178. The van der Waals surface area contributed by atoms with E-state index in [0.29, 0.717) is 0 Å². The fourth-order valence-corrected chi connectivity index (χ4v) is 4.96. The molecule has 0 bridgehead atoms. The summed E-state index contributed by atoms with van der Waals surface area (Å²) in [4.78, 5) is 35.6. The number of hydrogen-bond acceptors (Lipinski definition) is 11. The summed E-state index contributed by atoms with van der Waals surface area (Å²) in [5, 5.41) is 2.49. The average molecular weight is 696 g/mol. The molecule has 48 heavy (non-hydrogen) atoms. The number of carbonyl (C=O) groups excluding carboxylic acids is 1. The van der Waals surface area contributed by atoms with Crippen molar-refractivity contribution >= 4 is 34.8 Å². The number of nitrogens with one attached hydrogen (secondary N) is 1. The van der Waals surface area contributed by atoms with Gasteiger partial charge in [-0.05, 0) is 32.9 Å². The third kappa shape index (κ3) is 7.72. The topological polar surface area (TPSA) is 146 Å². The number of fused-ring (bicyclic) bond motifs is 1. The fraction of sp³-hybridized carbons (Fsp3) is 0.419. The Labute approximate surface area is 279 Å². The Morgan fingerprint density at radius 2 is 1.67 bits per heavy atom. The number of aryl methyl sites for hydroxylation is 1. The van der Waals surface area contributed by atoms with Gasteiger partial charge in [-0.1, -0.05) is 11.6 Å². The van der Waals surface area contributed by atoms with Crippen molar-refractivity contribution in [2.45, 2.75) is 52.2 Å². The molecule has 1 N–H and O–H groups in total. The zero-order chi connectivity index (χ0) is 35.3. The molecule has 4 rings (SSSR count). The van der Waals surface area contributed by atoms with Gasteiger partial charge in [0.1, 0.15) is 18.0 Å². The number of hydrogen-bond donors (Lipinski definition) is 1. The lowest BCUT2D eigenvalue weighted by Gasteiger charge is -2.19. The highest BCUT2D eigenvalue weighted by molar-refractivity contribution is 6.32. The molecule has 0 atom stereocenters. The number of aromatic nitrogens is 4. The molecule has 0 aliphatic heterocycles. The lowest BCUT2D eigenvalue weighted by Crippen LogP contribution is -2.28. The Hall–Kier alpha value is -4.67. The lowest BCUT2D eigenvalue weighted by molar-refractivity contribution is -0.107. The second-order valence-corrected chi connectivity index (χ2v) is 11.5. The number of amides is 1. The van der Waals surface area contributed by atoms with Gasteiger partial charge in [0.25, 0.3) is 0 Å². The molecule has 0 saturated heterocycles. The van der Waals surface area contributed by atoms with Gasteiger partial charge in [-0.3, -0.25) is 9.88 Å². The van der Waals surface area contributed by atoms with Crippen LogP contribution in [0.3, 0.4) is 0 Å². The summed E-state index contributed by atoms with van der Waals surface area (Å²) in [7, 11) is 6.92. The third-order valence-electron chi connectivity index (χ3n) is 6.88. The molecule has 0 radical (unpaired) electrons. The molecule has 2 aromatic heterocycles. The minimum Gasteiger partial charge on any atom is -0.496 e. The molecule has 14 nitrogen and oxygen atoms in total. The minimum atomic E-state index is -1.15. The number of methoxy groups -OCH3 is 5. The molecule has 0 fully saturated rings. The molecule has 0 aliphatic carbocycles. The van der Waals surface area contributed by atoms with Crippen LogP contribution in [0.4, 0.5) is 19.5 Å². The second-order valence-electron chi connectivity index (χ2n) is 11.1. The van der Waals surface area contributed by atoms with E-state index >= 15 is 0 Å². The molecule has 0 spiro atoms. The lowest BCUT2D eigenvalue weighted by atomic mass is 10.2. The van der Waals surface area contributed by atoms with Crippen LogP contribution in [0.5, 0.6) is 23.1 Å². The summed E-state index contributed by atoms with van der Waals surface area (Å²) in [6.45, 7) is 4.64. The fourth-order valence-electron chi connectivity index (χ4n) is 4.72. The van der Waals surface area contributed by atoms with Gasteiger partial charge in [0.2, 0.25) is 11.8 Å². The second kappa shape index (κ2) is 15.0. The molecule has 0 unspecified atom stereocenters. The summed E-state index contributed by atoms with van der Waals surface area (Å²) in [5.41, 5.74) is -1.44. The number of imidazole rings is 1. The van der Waals surface area contributed by atoms with Crippen molar-refractivity contribution in [2.75, 3.05) is 40.9 Å². The van der Waals surface area contributed by atoms with Crippen LogP contribution in [0.15, 0.2) is 29.1 Å². The van der Waals surface area contributed by atoms with Gasteiger partial charge in [0, 0.05) is 39.3 Å². The number of nitrogens with zero attached hydrogens (tertiary/aromatic N) is 4. The maximum Gasteiger partial charge on any atom is 0.414 e. The molecule has 2 heterocycles. The van der Waals surface area contributed by atoms with Crippen LogP contribution in [0.2, 0.25) is 5.02 Å². The first-order valence-electron chi connectivity index (χ1n) is 14.4. The highest BCUT2D eigenvalue weighted by Crippen LogP contribution is 2.38. The zero-order valence-electron chi connectivity index (χ0n) is 27.6. The van der Waals surface area contributed by atoms with E-state index in [9.17, 15) is 18.4 Å². The summed E-state index contributed by atoms with van der Waals surface area (Å²) in [6.07, 6.45) is -1.27. The van der Waals surface area contributed by atoms with E-state index in [4.69, 9.17) is 44.8 Å². The monoisotopic (exact) mass is 695 g/mol. The smallest absolute Gasteiger partial charge is 0.414 e.